The summed E-state index contributed by atoms with van der Waals surface area (Å²) in [5, 5.41) is 0.0697. The van der Waals surface area contributed by atoms with Crippen LogP contribution in [0.3, 0.4) is 0 Å². The molecule has 1 fully saturated rings. The molecule has 1 amide bonds. The van der Waals surface area contributed by atoms with Gasteiger partial charge in [-0.15, -0.1) is 0 Å². The Balaban J connectivity index is 1.41. The minimum atomic E-state index is -3.87. The van der Waals surface area contributed by atoms with Crippen LogP contribution in [0.5, 0.6) is 5.75 Å². The van der Waals surface area contributed by atoms with Gasteiger partial charge in [0, 0.05) is 36.2 Å². The summed E-state index contributed by atoms with van der Waals surface area (Å²) < 4.78 is 41.2. The van der Waals surface area contributed by atoms with Crippen LogP contribution in [0.25, 0.3) is 0 Å². The number of benzene rings is 2. The maximum absolute atomic E-state index is 13.4. The second-order valence-electron chi connectivity index (χ2n) is 12.5. The molecule has 2 heterocycles. The second-order valence-corrected chi connectivity index (χ2v) is 14.9. The highest BCUT2D eigenvalue weighted by Gasteiger charge is 2.43. The fourth-order valence-electron chi connectivity index (χ4n) is 7.37. The van der Waals surface area contributed by atoms with E-state index in [1.165, 1.54) is 11.1 Å². The van der Waals surface area contributed by atoms with Gasteiger partial charge in [-0.2, -0.15) is 0 Å². The molecule has 4 aliphatic rings. The first-order valence-corrected chi connectivity index (χ1v) is 17.2. The zero-order valence-electron chi connectivity index (χ0n) is 24.5. The van der Waals surface area contributed by atoms with E-state index in [0.29, 0.717) is 43.3 Å². The van der Waals surface area contributed by atoms with E-state index in [1.54, 1.807) is 13.2 Å². The number of carbonyl (C=O) groups is 1. The maximum Gasteiger partial charge on any atom is 0.264 e. The molecule has 0 aromatic heterocycles. The number of halogens is 1. The third-order valence-electron chi connectivity index (χ3n) is 10.0. The van der Waals surface area contributed by atoms with Gasteiger partial charge >= 0.3 is 0 Å². The number of hydrogen-bond donors (Lipinski definition) is 1. The number of aryl methyl sites for hydroxylation is 1. The van der Waals surface area contributed by atoms with E-state index in [9.17, 15) is 13.2 Å². The number of hydrogen-bond acceptors (Lipinski definition) is 6. The maximum atomic E-state index is 13.4. The lowest BCUT2D eigenvalue weighted by atomic mass is 9.69. The predicted molar refractivity (Wildman–Crippen MR) is 166 cm³/mol. The third-order valence-corrected chi connectivity index (χ3v) is 12.2. The van der Waals surface area contributed by atoms with E-state index in [1.807, 2.05) is 25.1 Å². The van der Waals surface area contributed by atoms with Gasteiger partial charge in [0.2, 0.25) is 10.0 Å². The SMILES string of the molecule is CCC1CC[C@H](OC)/C=C/[C@@H]2CC[C@H]2CN2C[C@@]3(CCCc4cc(Cl)ccc43)COc3ccc(cc32)C(=O)NS1(=O)=O. The first-order valence-electron chi connectivity index (χ1n) is 15.3. The summed E-state index contributed by atoms with van der Waals surface area (Å²) in [6, 6.07) is 11.6. The smallest absolute Gasteiger partial charge is 0.264 e. The Morgan fingerprint density at radius 1 is 1.12 bits per heavy atom. The molecule has 2 aromatic rings. The Hall–Kier alpha value is -2.55. The van der Waals surface area contributed by atoms with E-state index in [0.717, 1.165) is 61.7 Å². The number of allylic oxidation sites excluding steroid dienone is 1. The molecule has 42 heavy (non-hydrogen) atoms. The molecule has 1 N–H and O–H groups in total. The van der Waals surface area contributed by atoms with Gasteiger partial charge in [-0.1, -0.05) is 36.7 Å². The van der Waals surface area contributed by atoms with E-state index in [-0.39, 0.29) is 11.5 Å². The van der Waals surface area contributed by atoms with Crippen LogP contribution in [0.4, 0.5) is 5.69 Å². The lowest BCUT2D eigenvalue weighted by molar-refractivity contribution is 0.0980. The summed E-state index contributed by atoms with van der Waals surface area (Å²) in [6.45, 7) is 3.96. The number of ether oxygens (including phenoxy) is 2. The van der Waals surface area contributed by atoms with Crippen molar-refractivity contribution in [3.8, 4) is 5.75 Å². The molecule has 2 bridgehead atoms. The summed E-state index contributed by atoms with van der Waals surface area (Å²) in [7, 11) is -2.21. The van der Waals surface area contributed by atoms with Gasteiger partial charge in [-0.05, 0) is 105 Å². The van der Waals surface area contributed by atoms with Crippen LogP contribution in [0.2, 0.25) is 5.02 Å². The summed E-state index contributed by atoms with van der Waals surface area (Å²) in [4.78, 5) is 15.8. The minimum absolute atomic E-state index is 0.168. The number of sulfonamides is 1. The van der Waals surface area contributed by atoms with Gasteiger partial charge in [-0.3, -0.25) is 4.79 Å². The largest absolute Gasteiger partial charge is 0.490 e. The van der Waals surface area contributed by atoms with Crippen LogP contribution >= 0.6 is 11.6 Å². The molecule has 2 aliphatic carbocycles. The summed E-state index contributed by atoms with van der Waals surface area (Å²) >= 11 is 6.40. The average Bonchev–Trinajstić information content (AvgIpc) is 3.10. The lowest BCUT2D eigenvalue weighted by Crippen LogP contribution is -2.48. The van der Waals surface area contributed by atoms with Crippen molar-refractivity contribution in [1.29, 1.82) is 0 Å². The summed E-state index contributed by atoms with van der Waals surface area (Å²) in [5.74, 6) is 1.01. The second kappa shape index (κ2) is 11.9. The molecular weight excluding hydrogens is 572 g/mol. The van der Waals surface area contributed by atoms with Crippen molar-refractivity contribution >= 4 is 33.2 Å². The molecule has 1 saturated carbocycles. The summed E-state index contributed by atoms with van der Waals surface area (Å²) in [6.07, 6.45) is 10.9. The monoisotopic (exact) mass is 612 g/mol. The van der Waals surface area contributed by atoms with Crippen molar-refractivity contribution < 1.29 is 22.7 Å². The number of methoxy groups -OCH3 is 1. The molecule has 9 heteroatoms. The van der Waals surface area contributed by atoms with Crippen LogP contribution < -0.4 is 14.4 Å². The third kappa shape index (κ3) is 5.70. The van der Waals surface area contributed by atoms with Crippen LogP contribution in [0.1, 0.15) is 73.4 Å². The van der Waals surface area contributed by atoms with Gasteiger partial charge in [0.1, 0.15) is 5.75 Å². The molecule has 2 aromatic carbocycles. The molecule has 1 unspecified atom stereocenters. The molecular formula is C33H41ClN2O5S. The zero-order chi connectivity index (χ0) is 29.5. The Morgan fingerprint density at radius 3 is 2.74 bits per heavy atom. The molecule has 6 rings (SSSR count). The highest BCUT2D eigenvalue weighted by atomic mass is 35.5. The van der Waals surface area contributed by atoms with Gasteiger partial charge in [0.25, 0.3) is 5.91 Å². The number of rotatable bonds is 2. The minimum Gasteiger partial charge on any atom is -0.490 e. The Kier molecular flexibility index (Phi) is 8.33. The number of amides is 1. The van der Waals surface area contributed by atoms with Crippen molar-refractivity contribution in [2.45, 2.75) is 75.1 Å². The van der Waals surface area contributed by atoms with Crippen molar-refractivity contribution in [2.24, 2.45) is 11.8 Å². The Labute approximate surface area is 254 Å². The van der Waals surface area contributed by atoms with E-state index in [4.69, 9.17) is 21.1 Å². The van der Waals surface area contributed by atoms with Crippen molar-refractivity contribution in [2.75, 3.05) is 31.7 Å². The zero-order valence-corrected chi connectivity index (χ0v) is 26.1. The number of nitrogens with one attached hydrogen (secondary N) is 1. The topological polar surface area (TPSA) is 84.9 Å². The number of nitrogens with zero attached hydrogens (tertiary/aromatic N) is 1. The van der Waals surface area contributed by atoms with Gasteiger partial charge in [0.15, 0.2) is 0 Å². The molecule has 2 aliphatic heterocycles. The lowest BCUT2D eigenvalue weighted by Gasteiger charge is -2.44. The quantitative estimate of drug-likeness (QED) is 0.416. The Bertz CT molecular complexity index is 1480. The normalized spacial score (nSPS) is 31.5. The fraction of sp³-hybridized carbons (Fsp3) is 0.545. The Morgan fingerprint density at radius 2 is 1.98 bits per heavy atom. The van der Waals surface area contributed by atoms with Crippen LogP contribution in [-0.4, -0.2) is 52.5 Å². The highest BCUT2D eigenvalue weighted by Crippen LogP contribution is 2.46. The molecule has 0 radical (unpaired) electrons. The molecule has 226 valence electrons. The molecule has 1 spiro atoms. The van der Waals surface area contributed by atoms with Crippen molar-refractivity contribution in [1.82, 2.24) is 4.72 Å². The standard InChI is InChI=1S/C33H41ClN2O5S/c1-3-28-13-12-27(40-2)11-8-22-6-7-25(22)19-36-20-33(16-4-5-23-17-26(34)10-14-29(23)33)21-41-31-15-9-24(18-30(31)36)32(37)35-42(28,38)39/h8-11,14-15,17-18,22,25,27-28H,3-7,12-13,16,19-21H2,1-2H3,(H,35,37)/b11-8+/t22-,25-,27+,28?,33-/m0/s1. The average molecular weight is 613 g/mol. The van der Waals surface area contributed by atoms with Crippen LogP contribution in [0.15, 0.2) is 48.6 Å². The predicted octanol–water partition coefficient (Wildman–Crippen LogP) is 6.04. The number of carbonyl (C=O) groups excluding carboxylic acids is 1. The van der Waals surface area contributed by atoms with Gasteiger partial charge < -0.3 is 14.4 Å². The van der Waals surface area contributed by atoms with Crippen LogP contribution in [0, 0.1) is 11.8 Å². The van der Waals surface area contributed by atoms with Gasteiger partial charge in [0.05, 0.1) is 23.6 Å². The van der Waals surface area contributed by atoms with Crippen LogP contribution in [-0.2, 0) is 26.6 Å². The molecule has 0 saturated heterocycles. The van der Waals surface area contributed by atoms with Crippen molar-refractivity contribution in [3.05, 3.63) is 70.3 Å². The summed E-state index contributed by atoms with van der Waals surface area (Å²) in [5.41, 5.74) is 3.53. The number of anilines is 1. The highest BCUT2D eigenvalue weighted by molar-refractivity contribution is 7.90. The first kappa shape index (κ1) is 29.5. The molecule has 5 atom stereocenters. The van der Waals surface area contributed by atoms with Crippen molar-refractivity contribution in [3.63, 3.8) is 0 Å². The van der Waals surface area contributed by atoms with Gasteiger partial charge in [-0.25, -0.2) is 13.1 Å². The molecule has 7 nitrogen and oxygen atoms in total. The van der Waals surface area contributed by atoms with E-state index in [2.05, 4.69) is 33.9 Å². The van der Waals surface area contributed by atoms with E-state index < -0.39 is 21.2 Å². The number of fused-ring (bicyclic) bond motifs is 4. The first-order chi connectivity index (χ1) is 20.2. The fourth-order valence-corrected chi connectivity index (χ4v) is 9.00. The van der Waals surface area contributed by atoms with E-state index >= 15 is 0 Å².